The molecule has 0 spiro atoms. The van der Waals surface area contributed by atoms with Crippen molar-refractivity contribution in [3.8, 4) is 0 Å². The van der Waals surface area contributed by atoms with Gasteiger partial charge < -0.3 is 0 Å². The van der Waals surface area contributed by atoms with Crippen molar-refractivity contribution in [1.82, 2.24) is 0 Å². The number of rotatable bonds is 3. The van der Waals surface area contributed by atoms with Gasteiger partial charge in [-0.05, 0) is 24.0 Å². The number of allylic oxidation sites excluding steroid dienone is 2. The van der Waals surface area contributed by atoms with Crippen molar-refractivity contribution in [3.05, 3.63) is 83.4 Å². The molecule has 0 nitrogen and oxygen atoms in total. The molecular formula is C17H16. The van der Waals surface area contributed by atoms with Gasteiger partial charge in [0.2, 0.25) is 0 Å². The summed E-state index contributed by atoms with van der Waals surface area (Å²) >= 11 is 0. The molecule has 0 fully saturated rings. The maximum atomic E-state index is 2.38. The summed E-state index contributed by atoms with van der Waals surface area (Å²) in [5.41, 5.74) is 4.45. The number of hydrogen-bond acceptors (Lipinski definition) is 0. The molecule has 0 radical (unpaired) electrons. The molecule has 3 rings (SSSR count). The Hall–Kier alpha value is -1.82. The van der Waals surface area contributed by atoms with Crippen LogP contribution in [0.1, 0.15) is 23.5 Å². The van der Waals surface area contributed by atoms with Gasteiger partial charge in [0.15, 0.2) is 0 Å². The van der Waals surface area contributed by atoms with Crippen molar-refractivity contribution < 1.29 is 0 Å². The first kappa shape index (κ1) is 10.3. The molecule has 0 aromatic heterocycles. The summed E-state index contributed by atoms with van der Waals surface area (Å²) in [6.45, 7) is 0. The summed E-state index contributed by atoms with van der Waals surface area (Å²) in [5, 5.41) is 0. The van der Waals surface area contributed by atoms with Gasteiger partial charge in [-0.3, -0.25) is 0 Å². The monoisotopic (exact) mass is 220 g/mol. The van der Waals surface area contributed by atoms with Crippen LogP contribution in [0.2, 0.25) is 0 Å². The van der Waals surface area contributed by atoms with Crippen LogP contribution in [0.4, 0.5) is 0 Å². The Morgan fingerprint density at radius 3 is 2.06 bits per heavy atom. The first-order chi connectivity index (χ1) is 8.43. The van der Waals surface area contributed by atoms with E-state index in [4.69, 9.17) is 0 Å². The Bertz CT molecular complexity index is 508. The molecule has 0 amide bonds. The van der Waals surface area contributed by atoms with E-state index in [-0.39, 0.29) is 0 Å². The van der Waals surface area contributed by atoms with Crippen molar-refractivity contribution in [2.24, 2.45) is 0 Å². The Kier molecular flexibility index (Phi) is 2.79. The first-order valence-electron chi connectivity index (χ1n) is 6.21. The molecule has 17 heavy (non-hydrogen) atoms. The molecule has 1 unspecified atom stereocenters. The van der Waals surface area contributed by atoms with Crippen LogP contribution in [-0.2, 0) is 6.42 Å². The fourth-order valence-corrected chi connectivity index (χ4v) is 2.46. The van der Waals surface area contributed by atoms with Gasteiger partial charge in [0, 0.05) is 5.92 Å². The van der Waals surface area contributed by atoms with Crippen LogP contribution < -0.4 is 0 Å². The molecule has 1 atom stereocenters. The standard InChI is InChI=1S/C17H16/c1-3-7-14(8-4-1)13-16-11-12-17(16)15-9-5-2-6-10-15/h1-11,17H,12-13H2. The smallest absolute Gasteiger partial charge is 0.00860 e. The highest BCUT2D eigenvalue weighted by Gasteiger charge is 2.22. The van der Waals surface area contributed by atoms with E-state index >= 15 is 0 Å². The summed E-state index contributed by atoms with van der Waals surface area (Å²) in [7, 11) is 0. The zero-order valence-electron chi connectivity index (χ0n) is 9.84. The minimum absolute atomic E-state index is 0.649. The lowest BCUT2D eigenvalue weighted by atomic mass is 9.77. The van der Waals surface area contributed by atoms with Crippen LogP contribution in [0.5, 0.6) is 0 Å². The van der Waals surface area contributed by atoms with Crippen molar-refractivity contribution in [2.45, 2.75) is 18.8 Å². The molecule has 2 aromatic carbocycles. The first-order valence-corrected chi connectivity index (χ1v) is 6.21. The van der Waals surface area contributed by atoms with Crippen molar-refractivity contribution in [3.63, 3.8) is 0 Å². The Morgan fingerprint density at radius 2 is 1.47 bits per heavy atom. The van der Waals surface area contributed by atoms with E-state index in [1.54, 1.807) is 5.57 Å². The molecule has 1 aliphatic carbocycles. The van der Waals surface area contributed by atoms with Crippen molar-refractivity contribution in [1.29, 1.82) is 0 Å². The fourth-order valence-electron chi connectivity index (χ4n) is 2.46. The molecule has 2 aromatic rings. The number of hydrogen-bond donors (Lipinski definition) is 0. The lowest BCUT2D eigenvalue weighted by Gasteiger charge is -2.28. The van der Waals surface area contributed by atoms with Crippen LogP contribution in [0.3, 0.4) is 0 Å². The van der Waals surface area contributed by atoms with Gasteiger partial charge in [-0.1, -0.05) is 72.3 Å². The Labute approximate surface area is 103 Å². The lowest BCUT2D eigenvalue weighted by Crippen LogP contribution is -2.12. The summed E-state index contributed by atoms with van der Waals surface area (Å²) in [4.78, 5) is 0. The maximum Gasteiger partial charge on any atom is 0.00860 e. The van der Waals surface area contributed by atoms with Crippen LogP contribution in [0, 0.1) is 0 Å². The van der Waals surface area contributed by atoms with E-state index in [1.807, 2.05) is 0 Å². The molecule has 0 saturated heterocycles. The highest BCUT2D eigenvalue weighted by Crippen LogP contribution is 2.38. The average Bonchev–Trinajstić information content (AvgIpc) is 2.37. The third kappa shape index (κ3) is 2.16. The predicted octanol–water partition coefficient (Wildman–Crippen LogP) is 4.34. The van der Waals surface area contributed by atoms with Gasteiger partial charge in [0.25, 0.3) is 0 Å². The summed E-state index contributed by atoms with van der Waals surface area (Å²) in [6, 6.07) is 21.6. The summed E-state index contributed by atoms with van der Waals surface area (Å²) in [5.74, 6) is 0.649. The van der Waals surface area contributed by atoms with E-state index in [9.17, 15) is 0 Å². The van der Waals surface area contributed by atoms with Gasteiger partial charge in [-0.25, -0.2) is 0 Å². The molecule has 0 heteroatoms. The van der Waals surface area contributed by atoms with Gasteiger partial charge in [0.1, 0.15) is 0 Å². The largest absolute Gasteiger partial charge is 0.0834 e. The minimum Gasteiger partial charge on any atom is -0.0834 e. The quantitative estimate of drug-likeness (QED) is 0.675. The van der Waals surface area contributed by atoms with E-state index in [2.05, 4.69) is 66.7 Å². The van der Waals surface area contributed by atoms with Gasteiger partial charge in [-0.2, -0.15) is 0 Å². The second kappa shape index (κ2) is 4.58. The van der Waals surface area contributed by atoms with Crippen LogP contribution >= 0.6 is 0 Å². The van der Waals surface area contributed by atoms with E-state index in [1.165, 1.54) is 17.5 Å². The van der Waals surface area contributed by atoms with Gasteiger partial charge in [-0.15, -0.1) is 0 Å². The lowest BCUT2D eigenvalue weighted by molar-refractivity contribution is 0.701. The Balaban J connectivity index is 1.75. The highest BCUT2D eigenvalue weighted by atomic mass is 14.3. The molecular weight excluding hydrogens is 204 g/mol. The van der Waals surface area contributed by atoms with E-state index < -0.39 is 0 Å². The van der Waals surface area contributed by atoms with Gasteiger partial charge in [0.05, 0.1) is 0 Å². The maximum absolute atomic E-state index is 2.38. The van der Waals surface area contributed by atoms with E-state index in [0.29, 0.717) is 5.92 Å². The van der Waals surface area contributed by atoms with Gasteiger partial charge >= 0.3 is 0 Å². The molecule has 0 aliphatic heterocycles. The fraction of sp³-hybridized carbons (Fsp3) is 0.176. The Morgan fingerprint density at radius 1 is 0.824 bits per heavy atom. The molecule has 0 N–H and O–H groups in total. The zero-order chi connectivity index (χ0) is 11.5. The van der Waals surface area contributed by atoms with Crippen LogP contribution in [0.15, 0.2) is 72.3 Å². The molecule has 1 aliphatic rings. The molecule has 0 heterocycles. The zero-order valence-corrected chi connectivity index (χ0v) is 9.84. The third-order valence-corrected chi connectivity index (χ3v) is 3.52. The molecule has 0 bridgehead atoms. The predicted molar refractivity (Wildman–Crippen MR) is 72.0 cm³/mol. The third-order valence-electron chi connectivity index (χ3n) is 3.52. The van der Waals surface area contributed by atoms with Crippen LogP contribution in [0.25, 0.3) is 0 Å². The normalized spacial score (nSPS) is 18.4. The average molecular weight is 220 g/mol. The van der Waals surface area contributed by atoms with Crippen LogP contribution in [-0.4, -0.2) is 0 Å². The SMILES string of the molecule is C1=C(Cc2ccccc2)C(c2ccccc2)C1. The summed E-state index contributed by atoms with van der Waals surface area (Å²) < 4.78 is 0. The molecule has 0 saturated carbocycles. The highest BCUT2D eigenvalue weighted by molar-refractivity contribution is 5.38. The second-order valence-corrected chi connectivity index (χ2v) is 4.64. The molecule has 84 valence electrons. The van der Waals surface area contributed by atoms with Crippen molar-refractivity contribution in [2.75, 3.05) is 0 Å². The minimum atomic E-state index is 0.649. The van der Waals surface area contributed by atoms with E-state index in [0.717, 1.165) is 6.42 Å². The topological polar surface area (TPSA) is 0 Å². The second-order valence-electron chi connectivity index (χ2n) is 4.64. The summed E-state index contributed by atoms with van der Waals surface area (Å²) in [6.07, 6.45) is 4.68. The van der Waals surface area contributed by atoms with Crippen molar-refractivity contribution >= 4 is 0 Å². The number of benzene rings is 2.